The minimum Gasteiger partial charge on any atom is -0.475 e. The van der Waals surface area contributed by atoms with Gasteiger partial charge >= 0.3 is 0 Å². The van der Waals surface area contributed by atoms with E-state index in [4.69, 9.17) is 9.72 Å². The first-order valence-corrected chi connectivity index (χ1v) is 14.6. The molecule has 3 aliphatic rings. The number of hydrogen-bond acceptors (Lipinski definition) is 8. The number of aromatic amines is 1. The molecule has 1 N–H and O–H groups in total. The minimum atomic E-state index is -0.954. The fourth-order valence-electron chi connectivity index (χ4n) is 6.77. The van der Waals surface area contributed by atoms with Crippen LogP contribution in [0.3, 0.4) is 0 Å². The first kappa shape index (κ1) is 28.0. The summed E-state index contributed by atoms with van der Waals surface area (Å²) in [6, 6.07) is 6.61. The van der Waals surface area contributed by atoms with E-state index in [0.29, 0.717) is 50.7 Å². The molecular weight excluding hydrogens is 535 g/mol. The molecule has 5 heterocycles. The number of nitriles is 1. The van der Waals surface area contributed by atoms with Gasteiger partial charge in [0.2, 0.25) is 5.88 Å². The van der Waals surface area contributed by atoms with Crippen LogP contribution in [0.5, 0.6) is 5.88 Å². The molecule has 2 fully saturated rings. The number of aromatic nitrogens is 3. The van der Waals surface area contributed by atoms with Crippen molar-refractivity contribution in [1.29, 1.82) is 5.26 Å². The molecule has 220 valence electrons. The number of likely N-dealkylation sites (N-methyl/N-ethyl adjacent to an activating group) is 1. The van der Waals surface area contributed by atoms with Crippen LogP contribution in [0, 0.1) is 18.3 Å². The SMILES string of the molecule is C=C(F)C(=O)N1CCN(c2c(C#N)c(OC[C@@H]3CCCN3C)nc3c2CCN(c2c(C)ccc4cn[nH]c24)C3)C[C@@H]1C. The Kier molecular flexibility index (Phi) is 7.49. The van der Waals surface area contributed by atoms with Crippen molar-refractivity contribution in [3.63, 3.8) is 0 Å². The normalized spacial score (nSPS) is 21.0. The van der Waals surface area contributed by atoms with Gasteiger partial charge in [-0.05, 0) is 52.3 Å². The number of halogens is 1. The number of likely N-dealkylation sites (tertiary alicyclic amines) is 1. The first-order valence-electron chi connectivity index (χ1n) is 14.6. The Morgan fingerprint density at radius 2 is 2.07 bits per heavy atom. The summed E-state index contributed by atoms with van der Waals surface area (Å²) < 4.78 is 20.1. The molecule has 0 spiro atoms. The number of amides is 1. The maximum absolute atomic E-state index is 13.7. The van der Waals surface area contributed by atoms with E-state index in [1.165, 1.54) is 4.90 Å². The molecule has 0 radical (unpaired) electrons. The van der Waals surface area contributed by atoms with Gasteiger partial charge in [0.15, 0.2) is 5.83 Å². The summed E-state index contributed by atoms with van der Waals surface area (Å²) in [6.45, 7) is 11.3. The molecule has 10 nitrogen and oxygen atoms in total. The predicted molar refractivity (Wildman–Crippen MR) is 159 cm³/mol. The zero-order valence-electron chi connectivity index (χ0n) is 24.5. The van der Waals surface area contributed by atoms with Gasteiger partial charge in [-0.3, -0.25) is 9.89 Å². The lowest BCUT2D eigenvalue weighted by Gasteiger charge is -2.42. The summed E-state index contributed by atoms with van der Waals surface area (Å²) in [5.41, 5.74) is 6.41. The molecule has 1 amide bonds. The van der Waals surface area contributed by atoms with Crippen LogP contribution in [0.15, 0.2) is 30.7 Å². The van der Waals surface area contributed by atoms with Crippen LogP contribution in [-0.2, 0) is 17.8 Å². The second kappa shape index (κ2) is 11.2. The lowest BCUT2D eigenvalue weighted by molar-refractivity contribution is -0.131. The largest absolute Gasteiger partial charge is 0.475 e. The molecule has 0 saturated carbocycles. The number of nitrogens with zero attached hydrogens (tertiary/aromatic N) is 7. The van der Waals surface area contributed by atoms with Crippen molar-refractivity contribution in [2.75, 3.05) is 56.2 Å². The highest BCUT2D eigenvalue weighted by molar-refractivity contribution is 5.93. The maximum atomic E-state index is 13.7. The van der Waals surface area contributed by atoms with Crippen molar-refractivity contribution in [2.24, 2.45) is 0 Å². The number of piperazine rings is 1. The van der Waals surface area contributed by atoms with Crippen LogP contribution in [0.4, 0.5) is 15.8 Å². The monoisotopic (exact) mass is 572 g/mol. The van der Waals surface area contributed by atoms with Crippen molar-refractivity contribution in [2.45, 2.75) is 51.7 Å². The second-order valence-electron chi connectivity index (χ2n) is 11.7. The number of hydrogen-bond donors (Lipinski definition) is 1. The van der Waals surface area contributed by atoms with E-state index in [-0.39, 0.29) is 12.1 Å². The van der Waals surface area contributed by atoms with Crippen molar-refractivity contribution in [3.8, 4) is 11.9 Å². The van der Waals surface area contributed by atoms with E-state index in [2.05, 4.69) is 63.6 Å². The van der Waals surface area contributed by atoms with Gasteiger partial charge in [0.05, 0.1) is 35.3 Å². The van der Waals surface area contributed by atoms with Gasteiger partial charge in [0, 0.05) is 49.2 Å². The number of ether oxygens (including phenoxy) is 1. The lowest BCUT2D eigenvalue weighted by Crippen LogP contribution is -2.54. The molecule has 3 aliphatic heterocycles. The number of rotatable bonds is 6. The molecule has 11 heteroatoms. The summed E-state index contributed by atoms with van der Waals surface area (Å²) >= 11 is 0. The molecule has 2 atom stereocenters. The summed E-state index contributed by atoms with van der Waals surface area (Å²) in [7, 11) is 2.10. The van der Waals surface area contributed by atoms with E-state index in [1.807, 2.05) is 13.1 Å². The Labute approximate surface area is 245 Å². The zero-order chi connectivity index (χ0) is 29.5. The number of pyridine rings is 1. The highest BCUT2D eigenvalue weighted by Gasteiger charge is 2.35. The van der Waals surface area contributed by atoms with Crippen LogP contribution in [0.1, 0.15) is 42.1 Å². The highest BCUT2D eigenvalue weighted by atomic mass is 19.1. The Bertz CT molecular complexity index is 1580. The lowest BCUT2D eigenvalue weighted by atomic mass is 9.96. The third-order valence-corrected chi connectivity index (χ3v) is 9.03. The van der Waals surface area contributed by atoms with Crippen LogP contribution in [0.2, 0.25) is 0 Å². The second-order valence-corrected chi connectivity index (χ2v) is 11.7. The van der Waals surface area contributed by atoms with E-state index in [9.17, 15) is 14.4 Å². The van der Waals surface area contributed by atoms with Gasteiger partial charge in [-0.2, -0.15) is 10.4 Å². The van der Waals surface area contributed by atoms with Gasteiger partial charge in [0.1, 0.15) is 18.2 Å². The number of fused-ring (bicyclic) bond motifs is 2. The van der Waals surface area contributed by atoms with Crippen molar-refractivity contribution in [3.05, 3.63) is 53.1 Å². The number of anilines is 2. The topological polar surface area (TPSA) is 105 Å². The summed E-state index contributed by atoms with van der Waals surface area (Å²) in [5, 5.41) is 18.9. The van der Waals surface area contributed by atoms with E-state index in [0.717, 1.165) is 65.0 Å². The molecule has 0 bridgehead atoms. The molecule has 0 unspecified atom stereocenters. The van der Waals surface area contributed by atoms with E-state index in [1.54, 1.807) is 0 Å². The van der Waals surface area contributed by atoms with E-state index < -0.39 is 11.7 Å². The quantitative estimate of drug-likeness (QED) is 0.446. The van der Waals surface area contributed by atoms with Crippen LogP contribution < -0.4 is 14.5 Å². The van der Waals surface area contributed by atoms with Gasteiger partial charge < -0.3 is 24.3 Å². The summed E-state index contributed by atoms with van der Waals surface area (Å²) in [5.74, 6) is -1.28. The molecule has 1 aromatic carbocycles. The summed E-state index contributed by atoms with van der Waals surface area (Å²) in [4.78, 5) is 25.7. The number of carbonyl (C=O) groups is 1. The average molecular weight is 573 g/mol. The number of H-pyrrole nitrogens is 1. The third kappa shape index (κ3) is 4.94. The number of nitrogens with one attached hydrogen (secondary N) is 1. The maximum Gasteiger partial charge on any atom is 0.282 e. The number of carbonyl (C=O) groups excluding carboxylic acids is 1. The highest BCUT2D eigenvalue weighted by Crippen LogP contribution is 2.40. The van der Waals surface area contributed by atoms with Crippen LogP contribution in [-0.4, -0.2) is 89.4 Å². The zero-order valence-corrected chi connectivity index (χ0v) is 24.5. The van der Waals surface area contributed by atoms with E-state index >= 15 is 0 Å². The molecule has 2 saturated heterocycles. The molecule has 2 aromatic heterocycles. The minimum absolute atomic E-state index is 0.258. The van der Waals surface area contributed by atoms with Gasteiger partial charge in [-0.1, -0.05) is 18.7 Å². The van der Waals surface area contributed by atoms with Crippen molar-refractivity contribution < 1.29 is 13.9 Å². The Hall–Kier alpha value is -4.17. The van der Waals surface area contributed by atoms with Crippen LogP contribution >= 0.6 is 0 Å². The summed E-state index contributed by atoms with van der Waals surface area (Å²) in [6.07, 6.45) is 4.70. The standard InChI is InChI=1S/C31H37FN8O2/c1-19-7-8-22-15-34-36-27(22)28(19)38-11-9-24-26(17-38)35-30(42-18-23-6-5-10-37(23)4)25(14-33)29(24)39-12-13-40(20(2)16-39)31(41)21(3)32/h7-8,15,20,23H,3,5-6,9-13,16-18H2,1-2,4H3,(H,34,36)/t20-,23-/m0/s1. The average Bonchev–Trinajstić information content (AvgIpc) is 3.62. The molecule has 42 heavy (non-hydrogen) atoms. The Morgan fingerprint density at radius 3 is 2.79 bits per heavy atom. The molecule has 3 aromatic rings. The van der Waals surface area contributed by atoms with Gasteiger partial charge in [0.25, 0.3) is 5.91 Å². The first-order chi connectivity index (χ1) is 20.3. The number of benzene rings is 1. The fourth-order valence-corrected chi connectivity index (χ4v) is 6.77. The molecule has 6 rings (SSSR count). The van der Waals surface area contributed by atoms with Crippen molar-refractivity contribution >= 4 is 28.2 Å². The number of aryl methyl sites for hydroxylation is 1. The van der Waals surface area contributed by atoms with Gasteiger partial charge in [-0.25, -0.2) is 9.37 Å². The van der Waals surface area contributed by atoms with Gasteiger partial charge in [-0.15, -0.1) is 0 Å². The third-order valence-electron chi connectivity index (χ3n) is 9.03. The molecular formula is C31H37FN8O2. The predicted octanol–water partition coefficient (Wildman–Crippen LogP) is 3.69. The Morgan fingerprint density at radius 1 is 1.24 bits per heavy atom. The Balaban J connectivity index is 1.38. The smallest absolute Gasteiger partial charge is 0.282 e. The molecule has 0 aliphatic carbocycles. The fraction of sp³-hybridized carbons (Fsp3) is 0.484. The van der Waals surface area contributed by atoms with Crippen LogP contribution in [0.25, 0.3) is 10.9 Å². The van der Waals surface area contributed by atoms with Crippen molar-refractivity contribution in [1.82, 2.24) is 25.0 Å².